The molecule has 1 aromatic rings. The van der Waals surface area contributed by atoms with E-state index in [1.54, 1.807) is 0 Å². The third-order valence-electron chi connectivity index (χ3n) is 7.88. The van der Waals surface area contributed by atoms with Crippen molar-refractivity contribution in [3.63, 3.8) is 0 Å². The number of carbonyl (C=O) groups excluding carboxylic acids is 2. The normalized spacial score (nSPS) is 29.9. The van der Waals surface area contributed by atoms with Crippen molar-refractivity contribution in [2.24, 2.45) is 23.2 Å². The number of nitrogens with zero attached hydrogens (tertiary/aromatic N) is 1. The van der Waals surface area contributed by atoms with Crippen molar-refractivity contribution in [1.82, 2.24) is 10.2 Å². The summed E-state index contributed by atoms with van der Waals surface area (Å²) in [5.74, 6) is 2.85. The number of allylic oxidation sites excluding steroid dienone is 2. The Morgan fingerprint density at radius 3 is 2.45 bits per heavy atom. The second kappa shape index (κ2) is 8.33. The summed E-state index contributed by atoms with van der Waals surface area (Å²) in [5, 5.41) is 3.10. The van der Waals surface area contributed by atoms with Gasteiger partial charge in [0.1, 0.15) is 11.9 Å². The van der Waals surface area contributed by atoms with E-state index in [0.29, 0.717) is 28.7 Å². The van der Waals surface area contributed by atoms with Gasteiger partial charge in [0.15, 0.2) is 0 Å². The molecule has 166 valence electrons. The number of nitrogens with one attached hydrogen (secondary N) is 1. The van der Waals surface area contributed by atoms with Crippen LogP contribution < -0.4 is 10.1 Å². The Morgan fingerprint density at radius 2 is 1.84 bits per heavy atom. The molecule has 1 N–H and O–H groups in total. The molecule has 0 aromatic heterocycles. The van der Waals surface area contributed by atoms with Crippen LogP contribution in [-0.2, 0) is 4.79 Å². The van der Waals surface area contributed by atoms with Crippen molar-refractivity contribution in [2.45, 2.75) is 58.0 Å². The van der Waals surface area contributed by atoms with Crippen LogP contribution in [0.25, 0.3) is 0 Å². The van der Waals surface area contributed by atoms with E-state index in [0.717, 1.165) is 63.4 Å². The van der Waals surface area contributed by atoms with Gasteiger partial charge in [-0.25, -0.2) is 0 Å². The highest BCUT2D eigenvalue weighted by Gasteiger charge is 2.44. The maximum atomic E-state index is 12.5. The fourth-order valence-corrected chi connectivity index (χ4v) is 5.70. The summed E-state index contributed by atoms with van der Waals surface area (Å²) in [6, 6.07) is 7.47. The minimum Gasteiger partial charge on any atom is -0.490 e. The Hall–Kier alpha value is -2.30. The van der Waals surface area contributed by atoms with Crippen LogP contribution in [-0.4, -0.2) is 42.5 Å². The van der Waals surface area contributed by atoms with Crippen molar-refractivity contribution in [2.75, 3.05) is 19.6 Å². The van der Waals surface area contributed by atoms with E-state index in [1.807, 2.05) is 29.2 Å². The van der Waals surface area contributed by atoms with Gasteiger partial charge in [0.05, 0.1) is 0 Å². The largest absolute Gasteiger partial charge is 0.490 e. The number of ether oxygens (including phenoxy) is 1. The Morgan fingerprint density at radius 1 is 1.10 bits per heavy atom. The van der Waals surface area contributed by atoms with Crippen molar-refractivity contribution in [3.8, 4) is 5.75 Å². The van der Waals surface area contributed by atoms with Gasteiger partial charge < -0.3 is 15.0 Å². The molecule has 1 heterocycles. The van der Waals surface area contributed by atoms with E-state index in [1.165, 1.54) is 12.8 Å². The van der Waals surface area contributed by atoms with Gasteiger partial charge in [-0.2, -0.15) is 0 Å². The van der Waals surface area contributed by atoms with Crippen molar-refractivity contribution in [1.29, 1.82) is 0 Å². The molecule has 3 aliphatic carbocycles. The molecule has 1 aliphatic heterocycles. The molecule has 0 radical (unpaired) electrons. The first-order valence-electron chi connectivity index (χ1n) is 12.0. The molecular formula is C26H34N2O3. The van der Waals surface area contributed by atoms with Gasteiger partial charge in [0.25, 0.3) is 5.91 Å². The Bertz CT molecular complexity index is 852. The monoisotopic (exact) mass is 422 g/mol. The van der Waals surface area contributed by atoms with Gasteiger partial charge in [0, 0.05) is 44.0 Å². The first kappa shape index (κ1) is 20.6. The molecule has 3 atom stereocenters. The standard InChI is InChI=1S/C26H34N2O3/c1-26(17-18-2-7-21(26)16-18)12-13-27-24(29)19-5-8-22(9-6-19)31-23-10-14-28(15-11-23)25(30)20-3-4-20/h2,5-9,18,20-21,23H,3-4,10-17H2,1H3,(H,27,29). The van der Waals surface area contributed by atoms with Crippen molar-refractivity contribution in [3.05, 3.63) is 42.0 Å². The Kier molecular flexibility index (Phi) is 5.53. The minimum absolute atomic E-state index is 0.0132. The van der Waals surface area contributed by atoms with Crippen LogP contribution in [0.1, 0.15) is 62.2 Å². The molecule has 1 saturated heterocycles. The number of likely N-dealkylation sites (tertiary alicyclic amines) is 1. The first-order chi connectivity index (χ1) is 15.0. The lowest BCUT2D eigenvalue weighted by Gasteiger charge is -2.32. The molecule has 0 spiro atoms. The van der Waals surface area contributed by atoms with Crippen LogP contribution in [0.2, 0.25) is 0 Å². The summed E-state index contributed by atoms with van der Waals surface area (Å²) in [6.45, 7) is 4.67. The molecule has 5 nitrogen and oxygen atoms in total. The second-order valence-corrected chi connectivity index (χ2v) is 10.3. The van der Waals surface area contributed by atoms with E-state index >= 15 is 0 Å². The van der Waals surface area contributed by atoms with Crippen LogP contribution in [0.15, 0.2) is 36.4 Å². The molecule has 2 amide bonds. The highest BCUT2D eigenvalue weighted by atomic mass is 16.5. The van der Waals surface area contributed by atoms with E-state index < -0.39 is 0 Å². The van der Waals surface area contributed by atoms with Crippen LogP contribution >= 0.6 is 0 Å². The highest BCUT2D eigenvalue weighted by Crippen LogP contribution is 2.53. The quantitative estimate of drug-likeness (QED) is 0.671. The SMILES string of the molecule is CC1(CCNC(=O)c2ccc(OC3CCN(C(=O)C4CC4)CC3)cc2)CC2C=CC1C2. The van der Waals surface area contributed by atoms with Gasteiger partial charge >= 0.3 is 0 Å². The van der Waals surface area contributed by atoms with Crippen LogP contribution in [0, 0.1) is 23.2 Å². The van der Waals surface area contributed by atoms with E-state index in [-0.39, 0.29) is 12.0 Å². The summed E-state index contributed by atoms with van der Waals surface area (Å²) in [5.41, 5.74) is 1.01. The van der Waals surface area contributed by atoms with Gasteiger partial charge in [-0.05, 0) is 73.6 Å². The predicted molar refractivity (Wildman–Crippen MR) is 120 cm³/mol. The number of hydrogen-bond acceptors (Lipinski definition) is 3. The zero-order valence-corrected chi connectivity index (χ0v) is 18.5. The summed E-state index contributed by atoms with van der Waals surface area (Å²) in [6.07, 6.45) is 12.3. The fourth-order valence-electron chi connectivity index (χ4n) is 5.70. The van der Waals surface area contributed by atoms with Gasteiger partial charge in [-0.3, -0.25) is 9.59 Å². The maximum absolute atomic E-state index is 12.5. The molecular weight excluding hydrogens is 388 g/mol. The number of hydrogen-bond donors (Lipinski definition) is 1. The number of rotatable bonds is 7. The second-order valence-electron chi connectivity index (χ2n) is 10.3. The number of carbonyl (C=O) groups is 2. The topological polar surface area (TPSA) is 58.6 Å². The molecule has 31 heavy (non-hydrogen) atoms. The van der Waals surface area contributed by atoms with E-state index in [9.17, 15) is 9.59 Å². The van der Waals surface area contributed by atoms with Crippen LogP contribution in [0.4, 0.5) is 0 Å². The number of benzene rings is 1. The average molecular weight is 423 g/mol. The average Bonchev–Trinajstić information content (AvgIpc) is 3.45. The Balaban J connectivity index is 1.06. The summed E-state index contributed by atoms with van der Waals surface area (Å²) in [7, 11) is 0. The van der Waals surface area contributed by atoms with Crippen molar-refractivity contribution < 1.29 is 14.3 Å². The third-order valence-corrected chi connectivity index (χ3v) is 7.88. The number of amides is 2. The lowest BCUT2D eigenvalue weighted by atomic mass is 9.75. The molecule has 5 rings (SSSR count). The molecule has 3 fully saturated rings. The molecule has 2 bridgehead atoms. The molecule has 1 aromatic carbocycles. The minimum atomic E-state index is -0.0132. The van der Waals surface area contributed by atoms with Crippen LogP contribution in [0.3, 0.4) is 0 Å². The third kappa shape index (κ3) is 4.51. The van der Waals surface area contributed by atoms with E-state index in [4.69, 9.17) is 4.74 Å². The highest BCUT2D eigenvalue weighted by molar-refractivity contribution is 5.94. The zero-order chi connectivity index (χ0) is 21.4. The first-order valence-corrected chi connectivity index (χ1v) is 12.0. The van der Waals surface area contributed by atoms with Gasteiger partial charge in [-0.1, -0.05) is 19.1 Å². The number of fused-ring (bicyclic) bond motifs is 2. The smallest absolute Gasteiger partial charge is 0.251 e. The lowest BCUT2D eigenvalue weighted by Crippen LogP contribution is -2.42. The summed E-state index contributed by atoms with van der Waals surface area (Å²) in [4.78, 5) is 26.7. The predicted octanol–water partition coefficient (Wildman–Crippen LogP) is 4.19. The molecule has 4 aliphatic rings. The van der Waals surface area contributed by atoms with Gasteiger partial charge in [0.2, 0.25) is 5.91 Å². The fraction of sp³-hybridized carbons (Fsp3) is 0.615. The summed E-state index contributed by atoms with van der Waals surface area (Å²) < 4.78 is 6.11. The number of piperidine rings is 1. The zero-order valence-electron chi connectivity index (χ0n) is 18.5. The van der Waals surface area contributed by atoms with Gasteiger partial charge in [-0.15, -0.1) is 0 Å². The van der Waals surface area contributed by atoms with Crippen LogP contribution in [0.5, 0.6) is 5.75 Å². The lowest BCUT2D eigenvalue weighted by molar-refractivity contribution is -0.134. The summed E-state index contributed by atoms with van der Waals surface area (Å²) >= 11 is 0. The van der Waals surface area contributed by atoms with Crippen molar-refractivity contribution >= 4 is 11.8 Å². The maximum Gasteiger partial charge on any atom is 0.251 e. The molecule has 5 heteroatoms. The molecule has 2 saturated carbocycles. The Labute approximate surface area is 185 Å². The molecule has 3 unspecified atom stereocenters. The van der Waals surface area contributed by atoms with E-state index in [2.05, 4.69) is 24.4 Å².